The van der Waals surface area contributed by atoms with E-state index in [-0.39, 0.29) is 27.7 Å². The molecule has 3 heteroatoms. The standard InChI is InChI=1S/C15H21BrO2/c1-8(2)11-12(16)13(17)9-7-10-15(4,18-10)6-5-14(9,11)3/h7-8,10-12H,5-6H2,1-4H3/t10-,11-,12-,14-,15+/m0/s1. The number of carbonyl (C=O) groups excluding carboxylic acids is 1. The Labute approximate surface area is 117 Å². The van der Waals surface area contributed by atoms with Crippen LogP contribution >= 0.6 is 15.9 Å². The first kappa shape index (κ1) is 12.9. The van der Waals surface area contributed by atoms with Crippen molar-refractivity contribution in [3.05, 3.63) is 11.6 Å². The van der Waals surface area contributed by atoms with Crippen molar-refractivity contribution in [3.8, 4) is 0 Å². The monoisotopic (exact) mass is 312 g/mol. The van der Waals surface area contributed by atoms with Gasteiger partial charge in [-0.3, -0.25) is 4.79 Å². The summed E-state index contributed by atoms with van der Waals surface area (Å²) >= 11 is 3.64. The molecule has 1 aliphatic heterocycles. The molecule has 2 nitrogen and oxygen atoms in total. The van der Waals surface area contributed by atoms with Crippen LogP contribution in [0.25, 0.3) is 0 Å². The third kappa shape index (κ3) is 1.53. The molecule has 2 aliphatic carbocycles. The molecule has 18 heavy (non-hydrogen) atoms. The molecule has 1 saturated carbocycles. The largest absolute Gasteiger partial charge is 0.362 e. The Morgan fingerprint density at radius 3 is 2.67 bits per heavy atom. The minimum absolute atomic E-state index is 0.00394. The Kier molecular flexibility index (Phi) is 2.64. The Balaban J connectivity index is 2.06. The normalized spacial score (nSPS) is 50.7. The predicted molar refractivity (Wildman–Crippen MR) is 74.8 cm³/mol. The van der Waals surface area contributed by atoms with Gasteiger partial charge in [0, 0.05) is 11.0 Å². The molecular weight excluding hydrogens is 292 g/mol. The molecule has 5 atom stereocenters. The summed E-state index contributed by atoms with van der Waals surface area (Å²) in [5.41, 5.74) is 1.05. The summed E-state index contributed by atoms with van der Waals surface area (Å²) < 4.78 is 5.73. The number of hydrogen-bond donors (Lipinski definition) is 0. The van der Waals surface area contributed by atoms with Gasteiger partial charge in [0.05, 0.1) is 10.4 Å². The van der Waals surface area contributed by atoms with Crippen LogP contribution in [0.5, 0.6) is 0 Å². The van der Waals surface area contributed by atoms with E-state index in [1.807, 2.05) is 0 Å². The maximum Gasteiger partial charge on any atom is 0.173 e. The molecule has 0 aromatic rings. The van der Waals surface area contributed by atoms with Crippen LogP contribution in [-0.2, 0) is 9.53 Å². The number of alkyl halides is 1. The topological polar surface area (TPSA) is 29.6 Å². The van der Waals surface area contributed by atoms with Gasteiger partial charge >= 0.3 is 0 Å². The number of ether oxygens (including phenoxy) is 1. The first-order valence-corrected chi connectivity index (χ1v) is 7.79. The van der Waals surface area contributed by atoms with Crippen LogP contribution in [0, 0.1) is 17.3 Å². The van der Waals surface area contributed by atoms with Crippen LogP contribution in [-0.4, -0.2) is 22.3 Å². The van der Waals surface area contributed by atoms with Gasteiger partial charge in [0.25, 0.3) is 0 Å². The fourth-order valence-electron chi connectivity index (χ4n) is 4.07. The van der Waals surface area contributed by atoms with Gasteiger partial charge in [-0.25, -0.2) is 0 Å². The van der Waals surface area contributed by atoms with Crippen molar-refractivity contribution < 1.29 is 9.53 Å². The SMILES string of the molecule is CC(C)[C@H]1[C@H](Br)C(=O)C2=C[C@@H]3O[C@]3(C)CC[C@@]21C. The quantitative estimate of drug-likeness (QED) is 0.548. The van der Waals surface area contributed by atoms with Gasteiger partial charge in [-0.2, -0.15) is 0 Å². The number of ketones is 1. The number of rotatable bonds is 1. The third-order valence-corrected chi connectivity index (χ3v) is 6.29. The molecule has 0 radical (unpaired) electrons. The average Bonchev–Trinajstić information content (AvgIpc) is 2.89. The summed E-state index contributed by atoms with van der Waals surface area (Å²) in [6.07, 6.45) is 4.41. The van der Waals surface area contributed by atoms with Crippen molar-refractivity contribution in [1.82, 2.24) is 0 Å². The first-order valence-electron chi connectivity index (χ1n) is 6.88. The molecule has 0 aromatic carbocycles. The van der Waals surface area contributed by atoms with E-state index in [0.29, 0.717) is 11.8 Å². The zero-order chi connectivity index (χ0) is 13.3. The fraction of sp³-hybridized carbons (Fsp3) is 0.800. The van der Waals surface area contributed by atoms with E-state index in [9.17, 15) is 4.79 Å². The molecule has 2 fully saturated rings. The van der Waals surface area contributed by atoms with Gasteiger partial charge in [0.1, 0.15) is 6.10 Å². The van der Waals surface area contributed by atoms with Gasteiger partial charge in [0.15, 0.2) is 5.78 Å². The van der Waals surface area contributed by atoms with Crippen molar-refractivity contribution in [2.45, 2.75) is 57.1 Å². The Morgan fingerprint density at radius 2 is 2.06 bits per heavy atom. The third-order valence-electron chi connectivity index (χ3n) is 5.30. The summed E-state index contributed by atoms with van der Waals surface area (Å²) in [6.45, 7) is 8.89. The second-order valence-electron chi connectivity index (χ2n) is 6.88. The van der Waals surface area contributed by atoms with Crippen molar-refractivity contribution in [2.75, 3.05) is 0 Å². The highest BCUT2D eigenvalue weighted by atomic mass is 79.9. The second-order valence-corrected chi connectivity index (χ2v) is 7.87. The van der Waals surface area contributed by atoms with E-state index < -0.39 is 0 Å². The highest BCUT2D eigenvalue weighted by Gasteiger charge is 2.61. The maximum absolute atomic E-state index is 12.5. The fourth-order valence-corrected chi connectivity index (χ4v) is 5.51. The van der Waals surface area contributed by atoms with E-state index in [1.165, 1.54) is 0 Å². The molecule has 0 unspecified atom stereocenters. The minimum Gasteiger partial charge on any atom is -0.362 e. The van der Waals surface area contributed by atoms with Crippen LogP contribution in [0.2, 0.25) is 0 Å². The molecule has 3 aliphatic rings. The number of halogens is 1. The van der Waals surface area contributed by atoms with Gasteiger partial charge in [-0.05, 0) is 37.7 Å². The highest BCUT2D eigenvalue weighted by molar-refractivity contribution is 9.10. The van der Waals surface area contributed by atoms with E-state index in [2.05, 4.69) is 49.7 Å². The summed E-state index contributed by atoms with van der Waals surface area (Å²) in [5, 5.41) is 0. The van der Waals surface area contributed by atoms with E-state index in [1.54, 1.807) is 0 Å². The summed E-state index contributed by atoms with van der Waals surface area (Å²) in [7, 11) is 0. The predicted octanol–water partition coefficient (Wildman–Crippen LogP) is 3.49. The summed E-state index contributed by atoms with van der Waals surface area (Å²) in [4.78, 5) is 12.5. The molecule has 100 valence electrons. The zero-order valence-corrected chi connectivity index (χ0v) is 13.1. The molecule has 0 aromatic heterocycles. The van der Waals surface area contributed by atoms with E-state index in [4.69, 9.17) is 4.74 Å². The van der Waals surface area contributed by atoms with Crippen molar-refractivity contribution in [1.29, 1.82) is 0 Å². The van der Waals surface area contributed by atoms with Gasteiger partial charge < -0.3 is 4.74 Å². The Hall–Kier alpha value is -0.150. The maximum atomic E-state index is 12.5. The highest BCUT2D eigenvalue weighted by Crippen LogP contribution is 2.59. The van der Waals surface area contributed by atoms with Crippen molar-refractivity contribution in [3.63, 3.8) is 0 Å². The molecule has 0 amide bonds. The van der Waals surface area contributed by atoms with Crippen LogP contribution in [0.15, 0.2) is 11.6 Å². The molecule has 0 bridgehead atoms. The van der Waals surface area contributed by atoms with Gasteiger partial charge in [0.2, 0.25) is 0 Å². The lowest BCUT2D eigenvalue weighted by atomic mass is 9.69. The van der Waals surface area contributed by atoms with Crippen molar-refractivity contribution >= 4 is 21.7 Å². The van der Waals surface area contributed by atoms with Gasteiger partial charge in [-0.15, -0.1) is 0 Å². The average molecular weight is 313 g/mol. The molecule has 0 N–H and O–H groups in total. The summed E-state index contributed by atoms with van der Waals surface area (Å²) in [5.74, 6) is 1.20. The van der Waals surface area contributed by atoms with Crippen LogP contribution in [0.1, 0.15) is 40.5 Å². The van der Waals surface area contributed by atoms with E-state index in [0.717, 1.165) is 18.4 Å². The Bertz CT molecular complexity index is 442. The van der Waals surface area contributed by atoms with Gasteiger partial charge in [-0.1, -0.05) is 36.7 Å². The lowest BCUT2D eigenvalue weighted by Crippen LogP contribution is -2.31. The number of epoxide rings is 1. The molecule has 1 saturated heterocycles. The second kappa shape index (κ2) is 3.69. The number of hydrogen-bond acceptors (Lipinski definition) is 2. The molecular formula is C15H21BrO2. The first-order chi connectivity index (χ1) is 8.29. The van der Waals surface area contributed by atoms with Crippen molar-refractivity contribution in [2.24, 2.45) is 17.3 Å². The van der Waals surface area contributed by atoms with Crippen LogP contribution < -0.4 is 0 Å². The van der Waals surface area contributed by atoms with E-state index >= 15 is 0 Å². The zero-order valence-electron chi connectivity index (χ0n) is 11.5. The lowest BCUT2D eigenvalue weighted by Gasteiger charge is -2.35. The number of carbonyl (C=O) groups is 1. The summed E-state index contributed by atoms with van der Waals surface area (Å²) in [6, 6.07) is 0. The molecule has 3 rings (SSSR count). The Morgan fingerprint density at radius 1 is 1.39 bits per heavy atom. The number of fused-ring (bicyclic) bond motifs is 2. The smallest absolute Gasteiger partial charge is 0.173 e. The molecule has 0 spiro atoms. The van der Waals surface area contributed by atoms with Crippen LogP contribution in [0.4, 0.5) is 0 Å². The van der Waals surface area contributed by atoms with Crippen LogP contribution in [0.3, 0.4) is 0 Å². The molecule has 1 heterocycles. The minimum atomic E-state index is -0.0168. The number of allylic oxidation sites excluding steroid dienone is 1. The lowest BCUT2D eigenvalue weighted by molar-refractivity contribution is -0.114. The number of Topliss-reactive ketones (excluding diaryl/α,β-unsaturated/α-hetero) is 1.